The minimum Gasteiger partial charge on any atom is -0.463 e. The van der Waals surface area contributed by atoms with E-state index in [-0.39, 0.29) is 5.43 Å². The standard InChI is InChI=1S/C18H17NO4S/c1-4-5-12-6-13-17(7-16(12)23-11(3)20)22-8-14(18(13)21)15-9-24-10(2)19-15/h6-9H,4-5H2,1-3H3. The van der Waals surface area contributed by atoms with E-state index >= 15 is 0 Å². The second-order valence-electron chi connectivity index (χ2n) is 5.53. The number of aryl methyl sites for hydroxylation is 2. The first-order valence-corrected chi connectivity index (χ1v) is 8.57. The van der Waals surface area contributed by atoms with Gasteiger partial charge >= 0.3 is 5.97 Å². The summed E-state index contributed by atoms with van der Waals surface area (Å²) in [5.41, 5.74) is 2.14. The first-order valence-electron chi connectivity index (χ1n) is 7.69. The molecule has 124 valence electrons. The molecule has 3 rings (SSSR count). The Hall–Kier alpha value is -2.47. The fraction of sp³-hybridized carbons (Fsp3) is 0.278. The van der Waals surface area contributed by atoms with E-state index in [9.17, 15) is 9.59 Å². The molecule has 0 unspecified atom stereocenters. The third kappa shape index (κ3) is 3.10. The Morgan fingerprint density at radius 2 is 2.17 bits per heavy atom. The van der Waals surface area contributed by atoms with Gasteiger partial charge in [0, 0.05) is 18.4 Å². The van der Waals surface area contributed by atoms with Crippen LogP contribution in [-0.4, -0.2) is 11.0 Å². The summed E-state index contributed by atoms with van der Waals surface area (Å²) >= 11 is 1.48. The predicted molar refractivity (Wildman–Crippen MR) is 93.6 cm³/mol. The smallest absolute Gasteiger partial charge is 0.308 e. The van der Waals surface area contributed by atoms with E-state index in [4.69, 9.17) is 9.15 Å². The molecule has 6 heteroatoms. The van der Waals surface area contributed by atoms with Crippen LogP contribution in [-0.2, 0) is 11.2 Å². The molecule has 1 aromatic carbocycles. The molecule has 0 N–H and O–H groups in total. The molecule has 0 amide bonds. The summed E-state index contributed by atoms with van der Waals surface area (Å²) in [4.78, 5) is 28.5. The van der Waals surface area contributed by atoms with Gasteiger partial charge in [0.15, 0.2) is 0 Å². The Morgan fingerprint density at radius 3 is 2.79 bits per heavy atom. The fourth-order valence-electron chi connectivity index (χ4n) is 2.58. The lowest BCUT2D eigenvalue weighted by molar-refractivity contribution is -0.131. The highest BCUT2D eigenvalue weighted by atomic mass is 32.1. The van der Waals surface area contributed by atoms with Crippen LogP contribution in [0.15, 0.2) is 33.0 Å². The topological polar surface area (TPSA) is 69.4 Å². The number of aromatic nitrogens is 1. The number of carbonyl (C=O) groups excluding carboxylic acids is 1. The molecular formula is C18H17NO4S. The van der Waals surface area contributed by atoms with E-state index in [0.717, 1.165) is 17.0 Å². The third-order valence-corrected chi connectivity index (χ3v) is 4.40. The summed E-state index contributed by atoms with van der Waals surface area (Å²) in [7, 11) is 0. The highest BCUT2D eigenvalue weighted by molar-refractivity contribution is 7.09. The van der Waals surface area contributed by atoms with Crippen molar-refractivity contribution in [3.63, 3.8) is 0 Å². The van der Waals surface area contributed by atoms with Gasteiger partial charge in [0.05, 0.1) is 21.7 Å². The van der Waals surface area contributed by atoms with E-state index in [1.165, 1.54) is 24.5 Å². The van der Waals surface area contributed by atoms with Crippen molar-refractivity contribution in [2.75, 3.05) is 0 Å². The van der Waals surface area contributed by atoms with Crippen molar-refractivity contribution in [3.05, 3.63) is 44.6 Å². The summed E-state index contributed by atoms with van der Waals surface area (Å²) in [5, 5.41) is 3.20. The molecule has 0 aliphatic rings. The molecule has 0 aliphatic carbocycles. The molecule has 2 heterocycles. The van der Waals surface area contributed by atoms with Gasteiger partial charge in [0.25, 0.3) is 0 Å². The van der Waals surface area contributed by atoms with Crippen LogP contribution in [0.25, 0.3) is 22.2 Å². The summed E-state index contributed by atoms with van der Waals surface area (Å²) < 4.78 is 10.9. The van der Waals surface area contributed by atoms with Crippen molar-refractivity contribution in [2.45, 2.75) is 33.6 Å². The number of thiazole rings is 1. The molecule has 0 saturated heterocycles. The van der Waals surface area contributed by atoms with Crippen LogP contribution in [0, 0.1) is 6.92 Å². The molecule has 3 aromatic rings. The van der Waals surface area contributed by atoms with Crippen molar-refractivity contribution in [1.82, 2.24) is 4.98 Å². The molecule has 2 aromatic heterocycles. The Labute approximate surface area is 142 Å². The van der Waals surface area contributed by atoms with Crippen LogP contribution >= 0.6 is 11.3 Å². The SMILES string of the molecule is CCCc1cc2c(=O)c(-c3csc(C)n3)coc2cc1OC(C)=O. The Balaban J connectivity index is 2.20. The normalized spacial score (nSPS) is 11.0. The van der Waals surface area contributed by atoms with Crippen molar-refractivity contribution in [3.8, 4) is 17.0 Å². The quantitative estimate of drug-likeness (QED) is 0.527. The summed E-state index contributed by atoms with van der Waals surface area (Å²) in [5.74, 6) is 0.0425. The number of rotatable bonds is 4. The lowest BCUT2D eigenvalue weighted by atomic mass is 10.0. The number of fused-ring (bicyclic) bond motifs is 1. The molecule has 0 bridgehead atoms. The molecule has 5 nitrogen and oxygen atoms in total. The average molecular weight is 343 g/mol. The largest absolute Gasteiger partial charge is 0.463 e. The molecule has 0 fully saturated rings. The van der Waals surface area contributed by atoms with Crippen molar-refractivity contribution in [2.24, 2.45) is 0 Å². The minimum atomic E-state index is -0.399. The van der Waals surface area contributed by atoms with Gasteiger partial charge in [0.2, 0.25) is 5.43 Å². The van der Waals surface area contributed by atoms with Crippen molar-refractivity contribution >= 4 is 28.3 Å². The Kier molecular flexibility index (Phi) is 4.49. The van der Waals surface area contributed by atoms with Gasteiger partial charge in [-0.1, -0.05) is 13.3 Å². The zero-order valence-electron chi connectivity index (χ0n) is 13.7. The first-order chi connectivity index (χ1) is 11.5. The van der Waals surface area contributed by atoms with E-state index in [1.807, 2.05) is 19.2 Å². The van der Waals surface area contributed by atoms with E-state index in [2.05, 4.69) is 4.98 Å². The average Bonchev–Trinajstić information content (AvgIpc) is 2.95. The zero-order chi connectivity index (χ0) is 17.3. The molecule has 0 radical (unpaired) electrons. The van der Waals surface area contributed by atoms with Crippen LogP contribution in [0.3, 0.4) is 0 Å². The number of benzene rings is 1. The molecular weight excluding hydrogens is 326 g/mol. The fourth-order valence-corrected chi connectivity index (χ4v) is 3.19. The number of carbonyl (C=O) groups is 1. The number of hydrogen-bond acceptors (Lipinski definition) is 6. The van der Waals surface area contributed by atoms with Crippen LogP contribution in [0.1, 0.15) is 30.8 Å². The molecule has 0 saturated carbocycles. The Morgan fingerprint density at radius 1 is 1.38 bits per heavy atom. The van der Waals surface area contributed by atoms with Crippen LogP contribution in [0.2, 0.25) is 0 Å². The second-order valence-corrected chi connectivity index (χ2v) is 6.59. The highest BCUT2D eigenvalue weighted by Crippen LogP contribution is 2.28. The van der Waals surface area contributed by atoms with E-state index in [1.54, 1.807) is 12.1 Å². The highest BCUT2D eigenvalue weighted by Gasteiger charge is 2.15. The molecule has 0 aliphatic heterocycles. The van der Waals surface area contributed by atoms with Crippen LogP contribution in [0.4, 0.5) is 0 Å². The van der Waals surface area contributed by atoms with Gasteiger partial charge in [0.1, 0.15) is 17.6 Å². The number of ether oxygens (including phenoxy) is 1. The van der Waals surface area contributed by atoms with Crippen LogP contribution in [0.5, 0.6) is 5.75 Å². The number of esters is 1. The van der Waals surface area contributed by atoms with Gasteiger partial charge in [-0.3, -0.25) is 9.59 Å². The van der Waals surface area contributed by atoms with Gasteiger partial charge in [-0.15, -0.1) is 11.3 Å². The summed E-state index contributed by atoms with van der Waals surface area (Å²) in [6.45, 7) is 5.27. The van der Waals surface area contributed by atoms with Crippen molar-refractivity contribution < 1.29 is 13.9 Å². The lowest BCUT2D eigenvalue weighted by Gasteiger charge is -2.10. The van der Waals surface area contributed by atoms with E-state index in [0.29, 0.717) is 34.4 Å². The van der Waals surface area contributed by atoms with Crippen molar-refractivity contribution in [1.29, 1.82) is 0 Å². The monoisotopic (exact) mass is 343 g/mol. The maximum absolute atomic E-state index is 12.8. The van der Waals surface area contributed by atoms with E-state index < -0.39 is 5.97 Å². The van der Waals surface area contributed by atoms with Gasteiger partial charge in [-0.25, -0.2) is 4.98 Å². The summed E-state index contributed by atoms with van der Waals surface area (Å²) in [6.07, 6.45) is 2.99. The predicted octanol–water partition coefficient (Wildman–Crippen LogP) is 4.10. The minimum absolute atomic E-state index is 0.131. The summed E-state index contributed by atoms with van der Waals surface area (Å²) in [6, 6.07) is 3.37. The number of hydrogen-bond donors (Lipinski definition) is 0. The zero-order valence-corrected chi connectivity index (χ0v) is 14.5. The maximum Gasteiger partial charge on any atom is 0.308 e. The van der Waals surface area contributed by atoms with Gasteiger partial charge in [-0.05, 0) is 25.0 Å². The second kappa shape index (κ2) is 6.57. The third-order valence-electron chi connectivity index (χ3n) is 3.62. The molecule has 0 atom stereocenters. The lowest BCUT2D eigenvalue weighted by Crippen LogP contribution is -2.08. The number of nitrogens with zero attached hydrogens (tertiary/aromatic N) is 1. The van der Waals surface area contributed by atoms with Gasteiger partial charge < -0.3 is 9.15 Å². The molecule has 24 heavy (non-hydrogen) atoms. The molecule has 0 spiro atoms. The van der Waals surface area contributed by atoms with Crippen LogP contribution < -0.4 is 10.2 Å². The first kappa shape index (κ1) is 16.4. The Bertz CT molecular complexity index is 971. The maximum atomic E-state index is 12.8. The van der Waals surface area contributed by atoms with Gasteiger partial charge in [-0.2, -0.15) is 0 Å².